The van der Waals surface area contributed by atoms with E-state index in [9.17, 15) is 14.4 Å². The standard InChI is InChI=1S/C20H25ClN2O3/c21-17-9-7-15(8-10-17)20(26)16-4-1-13-23(14-16)19(25)6-3-12-22-11-2-5-18(22)24/h7-10,16H,1-6,11-14H2/t16-/m0/s1. The van der Waals surface area contributed by atoms with E-state index < -0.39 is 0 Å². The quantitative estimate of drug-likeness (QED) is 0.716. The van der Waals surface area contributed by atoms with E-state index in [1.807, 2.05) is 9.80 Å². The van der Waals surface area contributed by atoms with Crippen molar-refractivity contribution in [2.24, 2.45) is 5.92 Å². The number of Topliss-reactive ketones (excluding diaryl/α,β-unsaturated/α-hetero) is 1. The topological polar surface area (TPSA) is 57.7 Å². The Morgan fingerprint density at radius 3 is 2.58 bits per heavy atom. The number of carbonyl (C=O) groups is 3. The van der Waals surface area contributed by atoms with Gasteiger partial charge in [0, 0.05) is 55.5 Å². The second kappa shape index (κ2) is 8.67. The van der Waals surface area contributed by atoms with Gasteiger partial charge in [0.25, 0.3) is 0 Å². The lowest BCUT2D eigenvalue weighted by molar-refractivity contribution is -0.133. The lowest BCUT2D eigenvalue weighted by Gasteiger charge is -2.32. The van der Waals surface area contributed by atoms with E-state index in [0.29, 0.717) is 49.5 Å². The van der Waals surface area contributed by atoms with Crippen molar-refractivity contribution < 1.29 is 14.4 Å². The zero-order valence-corrected chi connectivity index (χ0v) is 15.7. The van der Waals surface area contributed by atoms with E-state index in [2.05, 4.69) is 0 Å². The highest BCUT2D eigenvalue weighted by atomic mass is 35.5. The Hall–Kier alpha value is -1.88. The minimum absolute atomic E-state index is 0.0850. The lowest BCUT2D eigenvalue weighted by atomic mass is 9.90. The first kappa shape index (κ1) is 18.9. The predicted molar refractivity (Wildman–Crippen MR) is 100 cm³/mol. The van der Waals surface area contributed by atoms with Crippen molar-refractivity contribution in [2.75, 3.05) is 26.2 Å². The Kier molecular flexibility index (Phi) is 6.30. The average molecular weight is 377 g/mol. The van der Waals surface area contributed by atoms with Crippen molar-refractivity contribution in [2.45, 2.75) is 38.5 Å². The summed E-state index contributed by atoms with van der Waals surface area (Å²) in [6, 6.07) is 6.94. The summed E-state index contributed by atoms with van der Waals surface area (Å²) in [7, 11) is 0. The number of amides is 2. The number of piperidine rings is 1. The average Bonchev–Trinajstić information content (AvgIpc) is 3.07. The zero-order valence-electron chi connectivity index (χ0n) is 15.0. The molecule has 2 fully saturated rings. The molecule has 2 amide bonds. The maximum Gasteiger partial charge on any atom is 0.222 e. The van der Waals surface area contributed by atoms with Crippen molar-refractivity contribution in [3.63, 3.8) is 0 Å². The van der Waals surface area contributed by atoms with Gasteiger partial charge in [-0.05, 0) is 49.9 Å². The van der Waals surface area contributed by atoms with Crippen LogP contribution in [0.4, 0.5) is 0 Å². The van der Waals surface area contributed by atoms with E-state index in [4.69, 9.17) is 11.6 Å². The number of hydrogen-bond acceptors (Lipinski definition) is 3. The Labute approximate surface area is 159 Å². The van der Waals surface area contributed by atoms with Crippen LogP contribution in [0.3, 0.4) is 0 Å². The van der Waals surface area contributed by atoms with Crippen LogP contribution in [0.2, 0.25) is 5.02 Å². The minimum atomic E-state index is -0.144. The number of likely N-dealkylation sites (tertiary alicyclic amines) is 2. The first-order valence-electron chi connectivity index (χ1n) is 9.40. The Morgan fingerprint density at radius 1 is 1.12 bits per heavy atom. The van der Waals surface area contributed by atoms with Gasteiger partial charge in [-0.2, -0.15) is 0 Å². The molecule has 0 N–H and O–H groups in total. The third-order valence-electron chi connectivity index (χ3n) is 5.26. The normalized spacial score (nSPS) is 20.5. The lowest BCUT2D eigenvalue weighted by Crippen LogP contribution is -2.42. The molecule has 140 valence electrons. The molecule has 0 bridgehead atoms. The minimum Gasteiger partial charge on any atom is -0.343 e. The fraction of sp³-hybridized carbons (Fsp3) is 0.550. The molecule has 2 heterocycles. The number of nitrogens with zero attached hydrogens (tertiary/aromatic N) is 2. The van der Waals surface area contributed by atoms with Gasteiger partial charge in [0.1, 0.15) is 0 Å². The Morgan fingerprint density at radius 2 is 1.88 bits per heavy atom. The summed E-state index contributed by atoms with van der Waals surface area (Å²) in [4.78, 5) is 40.4. The summed E-state index contributed by atoms with van der Waals surface area (Å²) in [6.07, 6.45) is 4.35. The summed E-state index contributed by atoms with van der Waals surface area (Å²) in [5, 5.41) is 0.610. The van der Waals surface area contributed by atoms with Gasteiger partial charge in [-0.25, -0.2) is 0 Å². The van der Waals surface area contributed by atoms with Crippen molar-refractivity contribution in [3.8, 4) is 0 Å². The van der Waals surface area contributed by atoms with Crippen LogP contribution in [-0.4, -0.2) is 53.6 Å². The summed E-state index contributed by atoms with van der Waals surface area (Å²) in [6.45, 7) is 2.68. The summed E-state index contributed by atoms with van der Waals surface area (Å²) >= 11 is 5.88. The molecule has 0 spiro atoms. The Balaban J connectivity index is 1.49. The third-order valence-corrected chi connectivity index (χ3v) is 5.52. The van der Waals surface area contributed by atoms with Crippen molar-refractivity contribution in [1.82, 2.24) is 9.80 Å². The molecule has 3 rings (SSSR count). The third kappa shape index (κ3) is 4.64. The molecule has 2 saturated heterocycles. The van der Waals surface area contributed by atoms with Crippen molar-refractivity contribution in [3.05, 3.63) is 34.9 Å². The van der Waals surface area contributed by atoms with Crippen LogP contribution >= 0.6 is 11.6 Å². The smallest absolute Gasteiger partial charge is 0.222 e. The van der Waals surface area contributed by atoms with E-state index in [-0.39, 0.29) is 23.5 Å². The second-order valence-electron chi connectivity index (χ2n) is 7.14. The van der Waals surface area contributed by atoms with Crippen LogP contribution in [0.25, 0.3) is 0 Å². The molecule has 2 aliphatic rings. The van der Waals surface area contributed by atoms with Crippen LogP contribution in [0.15, 0.2) is 24.3 Å². The van der Waals surface area contributed by atoms with Crippen LogP contribution in [-0.2, 0) is 9.59 Å². The van der Waals surface area contributed by atoms with Gasteiger partial charge in [0.05, 0.1) is 0 Å². The van der Waals surface area contributed by atoms with E-state index in [1.165, 1.54) is 0 Å². The van der Waals surface area contributed by atoms with Crippen LogP contribution in [0.1, 0.15) is 48.9 Å². The van der Waals surface area contributed by atoms with Gasteiger partial charge in [-0.15, -0.1) is 0 Å². The molecule has 5 nitrogen and oxygen atoms in total. The summed E-state index contributed by atoms with van der Waals surface area (Å²) in [5.74, 6) is 0.227. The van der Waals surface area contributed by atoms with Crippen molar-refractivity contribution in [1.29, 1.82) is 0 Å². The number of halogens is 1. The van der Waals surface area contributed by atoms with Gasteiger partial charge < -0.3 is 9.80 Å². The first-order valence-corrected chi connectivity index (χ1v) is 9.78. The molecule has 1 aromatic rings. The molecule has 6 heteroatoms. The van der Waals surface area contributed by atoms with Gasteiger partial charge >= 0.3 is 0 Å². The molecule has 1 atom stereocenters. The SMILES string of the molecule is O=C(c1ccc(Cl)cc1)[C@H]1CCCN(C(=O)CCCN2CCCC2=O)C1. The fourth-order valence-corrected chi connectivity index (χ4v) is 3.91. The van der Waals surface area contributed by atoms with Crippen LogP contribution in [0.5, 0.6) is 0 Å². The second-order valence-corrected chi connectivity index (χ2v) is 7.57. The van der Waals surface area contributed by atoms with Crippen LogP contribution < -0.4 is 0 Å². The Bertz CT molecular complexity index is 674. The van der Waals surface area contributed by atoms with Crippen molar-refractivity contribution >= 4 is 29.2 Å². The number of carbonyl (C=O) groups excluding carboxylic acids is 3. The van der Waals surface area contributed by atoms with Gasteiger partial charge in [0.2, 0.25) is 11.8 Å². The maximum absolute atomic E-state index is 12.7. The molecule has 0 aliphatic carbocycles. The number of hydrogen-bond donors (Lipinski definition) is 0. The van der Waals surface area contributed by atoms with Gasteiger partial charge in [-0.1, -0.05) is 11.6 Å². The number of ketones is 1. The summed E-state index contributed by atoms with van der Waals surface area (Å²) in [5.41, 5.74) is 0.654. The molecule has 1 aromatic carbocycles. The molecular weight excluding hydrogens is 352 g/mol. The highest BCUT2D eigenvalue weighted by molar-refractivity contribution is 6.30. The first-order chi connectivity index (χ1) is 12.5. The predicted octanol–water partition coefficient (Wildman–Crippen LogP) is 3.16. The molecule has 0 radical (unpaired) electrons. The summed E-state index contributed by atoms with van der Waals surface area (Å²) < 4.78 is 0. The molecular formula is C20H25ClN2O3. The number of benzene rings is 1. The molecule has 2 aliphatic heterocycles. The molecule has 26 heavy (non-hydrogen) atoms. The van der Waals surface area contributed by atoms with Gasteiger partial charge in [-0.3, -0.25) is 14.4 Å². The molecule has 0 saturated carbocycles. The van der Waals surface area contributed by atoms with E-state index in [1.54, 1.807) is 24.3 Å². The molecule has 0 unspecified atom stereocenters. The largest absolute Gasteiger partial charge is 0.343 e. The van der Waals surface area contributed by atoms with Gasteiger partial charge in [0.15, 0.2) is 5.78 Å². The molecule has 0 aromatic heterocycles. The number of rotatable bonds is 6. The van der Waals surface area contributed by atoms with Crippen LogP contribution in [0, 0.1) is 5.92 Å². The maximum atomic E-state index is 12.7. The zero-order chi connectivity index (χ0) is 18.5. The highest BCUT2D eigenvalue weighted by Crippen LogP contribution is 2.23. The fourth-order valence-electron chi connectivity index (χ4n) is 3.79. The highest BCUT2D eigenvalue weighted by Gasteiger charge is 2.29. The monoisotopic (exact) mass is 376 g/mol. The van der Waals surface area contributed by atoms with E-state index >= 15 is 0 Å². The van der Waals surface area contributed by atoms with E-state index in [0.717, 1.165) is 25.8 Å².